The molecule has 1 N–H and O–H groups in total. The van der Waals surface area contributed by atoms with Gasteiger partial charge < -0.3 is 4.57 Å². The second-order valence-corrected chi connectivity index (χ2v) is 3.89. The summed E-state index contributed by atoms with van der Waals surface area (Å²) in [6.07, 6.45) is 1.73. The Labute approximate surface area is 93.7 Å². The van der Waals surface area contributed by atoms with Crippen molar-refractivity contribution in [2.45, 2.75) is 0 Å². The minimum absolute atomic E-state index is 0.127. The third-order valence-electron chi connectivity index (χ3n) is 2.31. The number of benzene rings is 1. The van der Waals surface area contributed by atoms with E-state index < -0.39 is 0 Å². The van der Waals surface area contributed by atoms with Crippen LogP contribution in [-0.4, -0.2) is 34.6 Å². The van der Waals surface area contributed by atoms with Gasteiger partial charge in [0.1, 0.15) is 0 Å². The second kappa shape index (κ2) is 3.94. The van der Waals surface area contributed by atoms with Gasteiger partial charge in [-0.2, -0.15) is 0 Å². The Hall–Kier alpha value is -1.88. The fourth-order valence-electron chi connectivity index (χ4n) is 1.54. The molecule has 2 aromatic rings. The van der Waals surface area contributed by atoms with E-state index in [0.717, 1.165) is 11.0 Å². The topological polar surface area (TPSA) is 50.2 Å². The molecule has 0 saturated carbocycles. The quantitative estimate of drug-likeness (QED) is 0.758. The molecule has 1 amide bonds. The Balaban J connectivity index is 2.36. The van der Waals surface area contributed by atoms with Gasteiger partial charge in [0.15, 0.2) is 0 Å². The molecule has 0 spiro atoms. The number of hydrogen-bond acceptors (Lipinski definition) is 3. The molecule has 5 heteroatoms. The zero-order chi connectivity index (χ0) is 11.7. The van der Waals surface area contributed by atoms with Gasteiger partial charge in [-0.05, 0) is 18.2 Å². The number of carbonyl (C=O) groups is 1. The highest BCUT2D eigenvalue weighted by Crippen LogP contribution is 2.13. The molecule has 16 heavy (non-hydrogen) atoms. The molecule has 0 radical (unpaired) electrons. The van der Waals surface area contributed by atoms with Gasteiger partial charge in [0.2, 0.25) is 0 Å². The van der Waals surface area contributed by atoms with Crippen LogP contribution >= 0.6 is 0 Å². The van der Waals surface area contributed by atoms with Crippen LogP contribution in [0.25, 0.3) is 11.0 Å². The maximum absolute atomic E-state index is 11.7. The van der Waals surface area contributed by atoms with Crippen LogP contribution in [0.4, 0.5) is 0 Å². The monoisotopic (exact) mass is 218 g/mol. The van der Waals surface area contributed by atoms with E-state index in [2.05, 4.69) is 10.4 Å². The van der Waals surface area contributed by atoms with Crippen molar-refractivity contribution >= 4 is 16.9 Å². The van der Waals surface area contributed by atoms with Gasteiger partial charge in [-0.25, -0.2) is 9.99 Å². The van der Waals surface area contributed by atoms with Crippen LogP contribution < -0.4 is 5.43 Å². The molecule has 5 nitrogen and oxygen atoms in total. The van der Waals surface area contributed by atoms with E-state index in [0.29, 0.717) is 5.56 Å². The lowest BCUT2D eigenvalue weighted by Gasteiger charge is -2.11. The molecule has 0 aliphatic carbocycles. The summed E-state index contributed by atoms with van der Waals surface area (Å²) in [5, 5.41) is 1.62. The molecular weight excluding hydrogens is 204 g/mol. The minimum Gasteiger partial charge on any atom is -0.334 e. The minimum atomic E-state index is -0.127. The van der Waals surface area contributed by atoms with E-state index in [9.17, 15) is 4.79 Å². The molecule has 0 fully saturated rings. The molecule has 0 atom stereocenters. The number of imidazole rings is 1. The Morgan fingerprint density at radius 1 is 1.44 bits per heavy atom. The molecule has 1 heterocycles. The number of hydrogen-bond donors (Lipinski definition) is 1. The summed E-state index contributed by atoms with van der Waals surface area (Å²) in [6, 6.07) is 5.48. The van der Waals surface area contributed by atoms with E-state index in [4.69, 9.17) is 0 Å². The number of rotatable bonds is 2. The van der Waals surface area contributed by atoms with Crippen LogP contribution in [0, 0.1) is 0 Å². The Kier molecular flexibility index (Phi) is 2.62. The average Bonchev–Trinajstić information content (AvgIpc) is 2.59. The fraction of sp³-hybridized carbons (Fsp3) is 0.273. The first-order valence-electron chi connectivity index (χ1n) is 4.97. The second-order valence-electron chi connectivity index (χ2n) is 3.89. The smallest absolute Gasteiger partial charge is 0.265 e. The molecule has 0 aliphatic heterocycles. The standard InChI is InChI=1S/C11H14N4O/c1-14(2)13-11(16)8-4-5-10-9(6-8)12-7-15(10)3/h4-7H,1-3H3,(H,13,16). The van der Waals surface area contributed by atoms with Gasteiger partial charge in [0.05, 0.1) is 17.4 Å². The predicted molar refractivity (Wildman–Crippen MR) is 61.9 cm³/mol. The highest BCUT2D eigenvalue weighted by Gasteiger charge is 2.08. The van der Waals surface area contributed by atoms with Gasteiger partial charge in [-0.15, -0.1) is 0 Å². The van der Waals surface area contributed by atoms with Crippen LogP contribution in [0.2, 0.25) is 0 Å². The highest BCUT2D eigenvalue weighted by molar-refractivity contribution is 5.97. The first-order chi connectivity index (χ1) is 7.58. The van der Waals surface area contributed by atoms with Gasteiger partial charge >= 0.3 is 0 Å². The maximum atomic E-state index is 11.7. The molecule has 0 bridgehead atoms. The highest BCUT2D eigenvalue weighted by atomic mass is 16.2. The summed E-state index contributed by atoms with van der Waals surface area (Å²) >= 11 is 0. The summed E-state index contributed by atoms with van der Waals surface area (Å²) in [7, 11) is 5.48. The fourth-order valence-corrected chi connectivity index (χ4v) is 1.54. The largest absolute Gasteiger partial charge is 0.334 e. The summed E-state index contributed by atoms with van der Waals surface area (Å²) in [6.45, 7) is 0. The molecule has 1 aromatic heterocycles. The number of aromatic nitrogens is 2. The van der Waals surface area contributed by atoms with E-state index in [1.165, 1.54) is 0 Å². The van der Waals surface area contributed by atoms with Crippen LogP contribution in [0.1, 0.15) is 10.4 Å². The van der Waals surface area contributed by atoms with E-state index in [1.807, 2.05) is 17.7 Å². The molecule has 1 aromatic carbocycles. The van der Waals surface area contributed by atoms with Crippen molar-refractivity contribution in [1.29, 1.82) is 0 Å². The first kappa shape index (κ1) is 10.6. The zero-order valence-electron chi connectivity index (χ0n) is 9.56. The SMILES string of the molecule is CN(C)NC(=O)c1ccc2c(c1)ncn2C. The van der Waals surface area contributed by atoms with Crippen LogP contribution in [0.15, 0.2) is 24.5 Å². The Morgan fingerprint density at radius 3 is 2.88 bits per heavy atom. The zero-order valence-corrected chi connectivity index (χ0v) is 9.56. The number of fused-ring (bicyclic) bond motifs is 1. The summed E-state index contributed by atoms with van der Waals surface area (Å²) in [4.78, 5) is 15.9. The molecule has 0 saturated heterocycles. The lowest BCUT2D eigenvalue weighted by molar-refractivity contribution is 0.0857. The lowest BCUT2D eigenvalue weighted by Crippen LogP contribution is -2.36. The maximum Gasteiger partial charge on any atom is 0.265 e. The summed E-state index contributed by atoms with van der Waals surface area (Å²) in [5.74, 6) is -0.127. The van der Waals surface area contributed by atoms with Crippen molar-refractivity contribution in [3.8, 4) is 0 Å². The van der Waals surface area contributed by atoms with Gasteiger partial charge in [-0.3, -0.25) is 10.2 Å². The molecular formula is C11H14N4O. The van der Waals surface area contributed by atoms with Gasteiger partial charge in [0.25, 0.3) is 5.91 Å². The molecule has 0 aliphatic rings. The molecule has 0 unspecified atom stereocenters. The average molecular weight is 218 g/mol. The third-order valence-corrected chi connectivity index (χ3v) is 2.31. The normalized spacial score (nSPS) is 11.0. The van der Waals surface area contributed by atoms with Crippen molar-refractivity contribution < 1.29 is 4.79 Å². The number of nitrogens with one attached hydrogen (secondary N) is 1. The third kappa shape index (κ3) is 1.90. The van der Waals surface area contributed by atoms with Crippen molar-refractivity contribution in [2.24, 2.45) is 7.05 Å². The Morgan fingerprint density at radius 2 is 2.19 bits per heavy atom. The number of nitrogens with zero attached hydrogens (tertiary/aromatic N) is 3. The number of amides is 1. The van der Waals surface area contributed by atoms with Gasteiger partial charge in [0, 0.05) is 26.7 Å². The number of hydrazine groups is 1. The predicted octanol–water partition coefficient (Wildman–Crippen LogP) is 0.780. The van der Waals surface area contributed by atoms with E-state index in [-0.39, 0.29) is 5.91 Å². The van der Waals surface area contributed by atoms with Crippen LogP contribution in [0.3, 0.4) is 0 Å². The summed E-state index contributed by atoms with van der Waals surface area (Å²) < 4.78 is 1.92. The number of aryl methyl sites for hydroxylation is 1. The van der Waals surface area contributed by atoms with Crippen molar-refractivity contribution in [3.05, 3.63) is 30.1 Å². The Bertz CT molecular complexity index is 530. The van der Waals surface area contributed by atoms with Crippen LogP contribution in [0.5, 0.6) is 0 Å². The summed E-state index contributed by atoms with van der Waals surface area (Å²) in [5.41, 5.74) is 5.14. The van der Waals surface area contributed by atoms with Crippen molar-refractivity contribution in [1.82, 2.24) is 20.0 Å². The van der Waals surface area contributed by atoms with E-state index in [1.54, 1.807) is 37.6 Å². The first-order valence-corrected chi connectivity index (χ1v) is 4.97. The van der Waals surface area contributed by atoms with E-state index >= 15 is 0 Å². The van der Waals surface area contributed by atoms with Crippen LogP contribution in [-0.2, 0) is 7.05 Å². The molecule has 84 valence electrons. The lowest BCUT2D eigenvalue weighted by atomic mass is 10.2. The number of carbonyl (C=O) groups excluding carboxylic acids is 1. The van der Waals surface area contributed by atoms with Crippen molar-refractivity contribution in [2.75, 3.05) is 14.1 Å². The van der Waals surface area contributed by atoms with Crippen molar-refractivity contribution in [3.63, 3.8) is 0 Å². The van der Waals surface area contributed by atoms with Gasteiger partial charge in [-0.1, -0.05) is 0 Å². The molecule has 2 rings (SSSR count).